The van der Waals surface area contributed by atoms with E-state index in [1.165, 1.54) is 0 Å². The first kappa shape index (κ1) is 20.7. The first-order valence-electron chi connectivity index (χ1n) is 21.4. The van der Waals surface area contributed by atoms with Gasteiger partial charge in [0.1, 0.15) is 11.2 Å². The molecule has 0 spiro atoms. The molecule has 10 aromatic carbocycles. The highest BCUT2D eigenvalue weighted by Crippen LogP contribution is 2.50. The van der Waals surface area contributed by atoms with Gasteiger partial charge in [-0.25, -0.2) is 0 Å². The smallest absolute Gasteiger partial charge is 0.143 e. The molecule has 51 heavy (non-hydrogen) atoms. The molecule has 11 rings (SSSR count). The van der Waals surface area contributed by atoms with Crippen molar-refractivity contribution in [3.63, 3.8) is 0 Å². The van der Waals surface area contributed by atoms with Crippen LogP contribution in [0.25, 0.3) is 109 Å². The van der Waals surface area contributed by atoms with Crippen molar-refractivity contribution >= 4 is 75.8 Å². The Labute approximate surface area is 307 Å². The lowest BCUT2D eigenvalue weighted by Gasteiger charge is -2.21. The fourth-order valence-corrected chi connectivity index (χ4v) is 7.98. The van der Waals surface area contributed by atoms with E-state index in [-0.39, 0.29) is 50.4 Å². The Bertz CT molecular complexity index is 3660. The molecule has 0 amide bonds. The maximum absolute atomic E-state index is 9.69. The third kappa shape index (κ3) is 4.16. The zero-order chi connectivity index (χ0) is 41.3. The average molecular weight is 656 g/mol. The molecule has 11 aromatic rings. The van der Waals surface area contributed by atoms with Gasteiger partial charge in [0, 0.05) is 16.2 Å². The topological polar surface area (TPSA) is 13.1 Å². The van der Waals surface area contributed by atoms with E-state index in [9.17, 15) is 4.11 Å². The van der Waals surface area contributed by atoms with Crippen molar-refractivity contribution in [1.82, 2.24) is 0 Å². The van der Waals surface area contributed by atoms with Gasteiger partial charge in [0.05, 0.1) is 12.3 Å². The minimum absolute atomic E-state index is 0.0461. The van der Waals surface area contributed by atoms with Crippen LogP contribution in [0, 0.1) is 0 Å². The number of rotatable bonds is 3. The maximum atomic E-state index is 9.69. The lowest BCUT2D eigenvalue weighted by Crippen LogP contribution is -1.94. The lowest BCUT2D eigenvalue weighted by atomic mass is 9.81. The highest BCUT2D eigenvalue weighted by molar-refractivity contribution is 6.26. The molecule has 0 saturated carbocycles. The van der Waals surface area contributed by atoms with E-state index in [2.05, 4.69) is 54.6 Å². The molecule has 0 saturated heterocycles. The van der Waals surface area contributed by atoms with Crippen molar-refractivity contribution in [2.24, 2.45) is 0 Å². The van der Waals surface area contributed by atoms with Gasteiger partial charge in [0.15, 0.2) is 0 Å². The van der Waals surface area contributed by atoms with Gasteiger partial charge >= 0.3 is 0 Å². The molecule has 0 atom stereocenters. The van der Waals surface area contributed by atoms with Gasteiger partial charge in [0.25, 0.3) is 0 Å². The summed E-state index contributed by atoms with van der Waals surface area (Å²) in [6.45, 7) is 0. The Hall–Kier alpha value is -6.70. The molecule has 0 aliphatic carbocycles. The molecule has 1 heterocycles. The van der Waals surface area contributed by atoms with Gasteiger partial charge < -0.3 is 4.42 Å². The summed E-state index contributed by atoms with van der Waals surface area (Å²) in [6, 6.07) is 39.3. The van der Waals surface area contributed by atoms with Crippen LogP contribution in [0.2, 0.25) is 0 Å². The normalized spacial score (nSPS) is 14.4. The zero-order valence-electron chi connectivity index (χ0n) is 36.0. The highest BCUT2D eigenvalue weighted by atomic mass is 16.3. The number of fused-ring (bicyclic) bond motifs is 9. The first-order chi connectivity index (χ1) is 29.1. The summed E-state index contributed by atoms with van der Waals surface area (Å²) in [5.41, 5.74) is 4.39. The van der Waals surface area contributed by atoms with E-state index in [0.29, 0.717) is 5.56 Å². The Balaban J connectivity index is 1.34. The van der Waals surface area contributed by atoms with E-state index < -0.39 is 42.3 Å². The van der Waals surface area contributed by atoms with Gasteiger partial charge in [-0.05, 0) is 100 Å². The highest BCUT2D eigenvalue weighted by Gasteiger charge is 2.23. The van der Waals surface area contributed by atoms with E-state index >= 15 is 0 Å². The second-order valence-corrected chi connectivity index (χ2v) is 12.9. The summed E-state index contributed by atoms with van der Waals surface area (Å²) >= 11 is 0. The number of furan rings is 1. The molecule has 0 bridgehead atoms. The number of benzene rings is 10. The molecule has 0 N–H and O–H groups in total. The van der Waals surface area contributed by atoms with Crippen molar-refractivity contribution in [2.75, 3.05) is 0 Å². The molecule has 1 aromatic heterocycles. The third-order valence-corrected chi connectivity index (χ3v) is 10.2. The van der Waals surface area contributed by atoms with Gasteiger partial charge in [0.2, 0.25) is 0 Å². The molecule has 1 nitrogen and oxygen atoms in total. The fraction of sp³-hybridized carbons (Fsp3) is 0. The van der Waals surface area contributed by atoms with Gasteiger partial charge in [-0.2, -0.15) is 0 Å². The van der Waals surface area contributed by atoms with Gasteiger partial charge in [-0.1, -0.05) is 164 Å². The molecule has 0 aliphatic rings. The molecule has 0 unspecified atom stereocenters. The number of hydrogen-bond acceptors (Lipinski definition) is 1. The third-order valence-electron chi connectivity index (χ3n) is 10.2. The average Bonchev–Trinajstić information content (AvgIpc) is 3.67. The Morgan fingerprint density at radius 1 is 0.373 bits per heavy atom. The van der Waals surface area contributed by atoms with Crippen molar-refractivity contribution < 1.29 is 16.8 Å². The SMILES string of the molecule is [2H]c1c([2H])c(-c2c(-c3c4ccccc4c(-c4ccc5ccccc5c4)c4ccccc34)ccc3ccccc23)c2c(oc3c4c([2H])c([2H])c([2H])c([2H])c4c([2H])c([2H])c32)c1[2H]. The minimum atomic E-state index is -0.536. The van der Waals surface area contributed by atoms with Crippen molar-refractivity contribution in [3.05, 3.63) is 182 Å². The Kier molecular flexibility index (Phi) is 4.43. The molecule has 1 heteroatoms. The fourth-order valence-electron chi connectivity index (χ4n) is 7.98. The summed E-state index contributed by atoms with van der Waals surface area (Å²) in [7, 11) is 0. The van der Waals surface area contributed by atoms with Crippen LogP contribution in [0.3, 0.4) is 0 Å². The quantitative estimate of drug-likeness (QED) is 0.173. The molecule has 0 fully saturated rings. The van der Waals surface area contributed by atoms with Gasteiger partial charge in [-0.15, -0.1) is 0 Å². The lowest BCUT2D eigenvalue weighted by molar-refractivity contribution is 0.673. The van der Waals surface area contributed by atoms with E-state index in [4.69, 9.17) is 12.6 Å². The second kappa shape index (κ2) is 10.9. The predicted octanol–water partition coefficient (Wildman–Crippen LogP) is 14.4. The van der Waals surface area contributed by atoms with Crippen molar-refractivity contribution in [3.8, 4) is 33.4 Å². The first-order valence-corrected chi connectivity index (χ1v) is 16.9. The van der Waals surface area contributed by atoms with Crippen LogP contribution in [-0.2, 0) is 0 Å². The summed E-state index contributed by atoms with van der Waals surface area (Å²) in [5.74, 6) is 0. The largest absolute Gasteiger partial charge is 0.455 e. The maximum Gasteiger partial charge on any atom is 0.143 e. The second-order valence-electron chi connectivity index (χ2n) is 12.9. The minimum Gasteiger partial charge on any atom is -0.455 e. The van der Waals surface area contributed by atoms with Crippen LogP contribution in [0.4, 0.5) is 0 Å². The van der Waals surface area contributed by atoms with Crippen LogP contribution < -0.4 is 0 Å². The Morgan fingerprint density at radius 3 is 1.80 bits per heavy atom. The van der Waals surface area contributed by atoms with E-state index in [1.807, 2.05) is 72.8 Å². The van der Waals surface area contributed by atoms with Crippen LogP contribution in [0.1, 0.15) is 12.3 Å². The van der Waals surface area contributed by atoms with Crippen molar-refractivity contribution in [1.29, 1.82) is 0 Å². The summed E-state index contributed by atoms with van der Waals surface area (Å²) in [6.07, 6.45) is 0. The molecular formula is C50H30O. The Morgan fingerprint density at radius 2 is 1.02 bits per heavy atom. The van der Waals surface area contributed by atoms with Gasteiger partial charge in [-0.3, -0.25) is 0 Å². The summed E-state index contributed by atoms with van der Waals surface area (Å²) in [4.78, 5) is 0. The molecule has 236 valence electrons. The van der Waals surface area contributed by atoms with E-state index in [0.717, 1.165) is 65.3 Å². The molecule has 0 radical (unpaired) electrons. The summed E-state index contributed by atoms with van der Waals surface area (Å²) in [5, 5.41) is 7.77. The van der Waals surface area contributed by atoms with E-state index in [1.54, 1.807) is 0 Å². The van der Waals surface area contributed by atoms with Crippen LogP contribution >= 0.6 is 0 Å². The predicted molar refractivity (Wildman–Crippen MR) is 218 cm³/mol. The number of hydrogen-bond donors (Lipinski definition) is 0. The van der Waals surface area contributed by atoms with Crippen LogP contribution in [0.15, 0.2) is 186 Å². The van der Waals surface area contributed by atoms with Crippen LogP contribution in [0.5, 0.6) is 0 Å². The monoisotopic (exact) mass is 655 g/mol. The summed E-state index contributed by atoms with van der Waals surface area (Å²) < 4.78 is 87.3. The molecular weight excluding hydrogens is 617 g/mol. The standard InChI is InChI=1S/C50H30O/c1-2-15-34-30-35(25-24-31(34)12-1)46-38-18-7-9-20-40(38)48(41-21-10-8-19-39(41)46)43-28-26-32-13-3-5-16-36(32)47(43)42-22-11-23-45-49(42)44-29-27-33-14-4-6-17-37(33)50(44)51-45/h1-30H/i4D,6D,11D,14D,17D,22D,23D,27D,29D. The zero-order valence-corrected chi connectivity index (χ0v) is 27.0. The van der Waals surface area contributed by atoms with Crippen molar-refractivity contribution in [2.45, 2.75) is 0 Å². The van der Waals surface area contributed by atoms with Crippen LogP contribution in [-0.4, -0.2) is 0 Å². The molecule has 0 aliphatic heterocycles.